The highest BCUT2D eigenvalue weighted by atomic mass is 19.1. The Kier molecular flexibility index (Phi) is 5.54. The Hall–Kier alpha value is -3.55. The Morgan fingerprint density at radius 1 is 0.839 bits per heavy atom. The van der Waals surface area contributed by atoms with E-state index in [2.05, 4.69) is 5.10 Å². The van der Waals surface area contributed by atoms with Crippen molar-refractivity contribution >= 4 is 11.8 Å². The number of aromatic nitrogens is 2. The normalized spacial score (nSPS) is 14.1. The minimum atomic E-state index is -0.566. The first-order chi connectivity index (χ1) is 14.8. The maximum atomic E-state index is 14.7. The van der Waals surface area contributed by atoms with Crippen molar-refractivity contribution < 1.29 is 18.4 Å². The van der Waals surface area contributed by atoms with Gasteiger partial charge in [-0.2, -0.15) is 5.10 Å². The van der Waals surface area contributed by atoms with Gasteiger partial charge >= 0.3 is 0 Å². The summed E-state index contributed by atoms with van der Waals surface area (Å²) in [6, 6.07) is 12.0. The first-order valence-electron chi connectivity index (χ1n) is 10.0. The monoisotopic (exact) mass is 424 g/mol. The molecule has 0 aliphatic carbocycles. The van der Waals surface area contributed by atoms with Crippen LogP contribution in [0.15, 0.2) is 48.5 Å². The summed E-state index contributed by atoms with van der Waals surface area (Å²) in [6.07, 6.45) is 0. The number of hydrogen-bond donors (Lipinski definition) is 0. The first-order valence-corrected chi connectivity index (χ1v) is 10.0. The summed E-state index contributed by atoms with van der Waals surface area (Å²) in [6.45, 7) is 4.81. The Morgan fingerprint density at radius 3 is 2.06 bits per heavy atom. The fraction of sp³-hybridized carbons (Fsp3) is 0.261. The molecule has 0 radical (unpaired) electrons. The average molecular weight is 424 g/mol. The molecule has 0 bridgehead atoms. The SMILES string of the molecule is Cc1cc(C)n(-c2ccc(C(=O)N3CCN(C(=O)c4ccccc4F)CC3)cc2F)n1. The molecule has 0 unspecified atom stereocenters. The molecular weight excluding hydrogens is 402 g/mol. The summed E-state index contributed by atoms with van der Waals surface area (Å²) in [5, 5.41) is 4.28. The number of halogens is 2. The number of aryl methyl sites for hydroxylation is 2. The third kappa shape index (κ3) is 4.05. The number of hydrogen-bond acceptors (Lipinski definition) is 3. The molecule has 2 heterocycles. The van der Waals surface area contributed by atoms with Crippen LogP contribution in [0, 0.1) is 25.5 Å². The Morgan fingerprint density at radius 2 is 1.48 bits per heavy atom. The second kappa shape index (κ2) is 8.29. The molecule has 6 nitrogen and oxygen atoms in total. The van der Waals surface area contributed by atoms with Gasteiger partial charge in [0.05, 0.1) is 11.3 Å². The minimum Gasteiger partial charge on any atom is -0.335 e. The van der Waals surface area contributed by atoms with Crippen molar-refractivity contribution in [1.82, 2.24) is 19.6 Å². The van der Waals surface area contributed by atoms with E-state index >= 15 is 0 Å². The lowest BCUT2D eigenvalue weighted by molar-refractivity contribution is 0.0532. The van der Waals surface area contributed by atoms with E-state index in [1.807, 2.05) is 19.9 Å². The topological polar surface area (TPSA) is 58.4 Å². The van der Waals surface area contributed by atoms with Crippen molar-refractivity contribution in [3.63, 3.8) is 0 Å². The van der Waals surface area contributed by atoms with Crippen LogP contribution >= 0.6 is 0 Å². The molecule has 0 saturated carbocycles. The van der Waals surface area contributed by atoms with E-state index in [9.17, 15) is 18.4 Å². The number of amides is 2. The van der Waals surface area contributed by atoms with Crippen molar-refractivity contribution in [3.05, 3.63) is 82.7 Å². The lowest BCUT2D eigenvalue weighted by atomic mass is 10.1. The molecule has 4 rings (SSSR count). The number of benzene rings is 2. The minimum absolute atomic E-state index is 0.0177. The largest absolute Gasteiger partial charge is 0.335 e. The first kappa shape index (κ1) is 20.7. The lowest BCUT2D eigenvalue weighted by Crippen LogP contribution is -2.50. The number of carbonyl (C=O) groups is 2. The standard InChI is InChI=1S/C23H22F2N4O2/c1-15-13-16(2)29(26-15)21-8-7-17(14-20(21)25)22(30)27-9-11-28(12-10-27)23(31)18-5-3-4-6-19(18)24/h3-8,13-14H,9-12H2,1-2H3. The summed E-state index contributed by atoms with van der Waals surface area (Å²) in [4.78, 5) is 28.5. The molecule has 2 aromatic carbocycles. The van der Waals surface area contributed by atoms with Gasteiger partial charge in [-0.05, 0) is 50.2 Å². The number of piperazine rings is 1. The fourth-order valence-electron chi connectivity index (χ4n) is 3.78. The third-order valence-corrected chi connectivity index (χ3v) is 5.39. The van der Waals surface area contributed by atoms with Gasteiger partial charge in [-0.3, -0.25) is 9.59 Å². The van der Waals surface area contributed by atoms with Gasteiger partial charge in [0.1, 0.15) is 17.3 Å². The summed E-state index contributed by atoms with van der Waals surface area (Å²) in [5.41, 5.74) is 2.11. The van der Waals surface area contributed by atoms with Gasteiger partial charge in [-0.25, -0.2) is 13.5 Å². The van der Waals surface area contributed by atoms with E-state index in [0.29, 0.717) is 13.1 Å². The second-order valence-electron chi connectivity index (χ2n) is 7.57. The molecule has 1 fully saturated rings. The predicted molar refractivity (Wildman–Crippen MR) is 111 cm³/mol. The van der Waals surface area contributed by atoms with Crippen molar-refractivity contribution in [2.45, 2.75) is 13.8 Å². The molecule has 1 aromatic heterocycles. The van der Waals surface area contributed by atoms with Gasteiger partial charge < -0.3 is 9.80 Å². The summed E-state index contributed by atoms with van der Waals surface area (Å²) >= 11 is 0. The van der Waals surface area contributed by atoms with E-state index in [1.54, 1.807) is 23.1 Å². The van der Waals surface area contributed by atoms with E-state index < -0.39 is 17.5 Å². The van der Waals surface area contributed by atoms with E-state index in [0.717, 1.165) is 11.4 Å². The van der Waals surface area contributed by atoms with Crippen molar-refractivity contribution in [1.29, 1.82) is 0 Å². The van der Waals surface area contributed by atoms with Crippen LogP contribution in [-0.2, 0) is 0 Å². The van der Waals surface area contributed by atoms with Gasteiger partial charge in [0, 0.05) is 37.4 Å². The van der Waals surface area contributed by atoms with Gasteiger partial charge in [0.15, 0.2) is 0 Å². The maximum Gasteiger partial charge on any atom is 0.256 e. The molecule has 2 amide bonds. The van der Waals surface area contributed by atoms with E-state index in [4.69, 9.17) is 0 Å². The van der Waals surface area contributed by atoms with Gasteiger partial charge in [0.25, 0.3) is 11.8 Å². The third-order valence-electron chi connectivity index (χ3n) is 5.39. The van der Waals surface area contributed by atoms with Crippen LogP contribution in [0.5, 0.6) is 0 Å². The number of nitrogens with zero attached hydrogens (tertiary/aromatic N) is 4. The molecule has 160 valence electrons. The number of rotatable bonds is 3. The van der Waals surface area contributed by atoms with Crippen LogP contribution in [0.2, 0.25) is 0 Å². The zero-order chi connectivity index (χ0) is 22.1. The molecule has 1 aliphatic heterocycles. The second-order valence-corrected chi connectivity index (χ2v) is 7.57. The van der Waals surface area contributed by atoms with Crippen LogP contribution in [0.3, 0.4) is 0 Å². The molecule has 3 aromatic rings. The summed E-state index contributed by atoms with van der Waals surface area (Å²) in [5.74, 6) is -1.81. The van der Waals surface area contributed by atoms with Gasteiger partial charge in [-0.1, -0.05) is 12.1 Å². The highest BCUT2D eigenvalue weighted by Gasteiger charge is 2.27. The predicted octanol–water partition coefficient (Wildman–Crippen LogP) is 3.37. The van der Waals surface area contributed by atoms with Crippen molar-refractivity contribution in [2.75, 3.05) is 26.2 Å². The van der Waals surface area contributed by atoms with Crippen LogP contribution in [0.4, 0.5) is 8.78 Å². The molecule has 31 heavy (non-hydrogen) atoms. The maximum absolute atomic E-state index is 14.7. The lowest BCUT2D eigenvalue weighted by Gasteiger charge is -2.35. The van der Waals surface area contributed by atoms with Crippen LogP contribution in [-0.4, -0.2) is 57.6 Å². The van der Waals surface area contributed by atoms with Crippen LogP contribution in [0.1, 0.15) is 32.1 Å². The summed E-state index contributed by atoms with van der Waals surface area (Å²) in [7, 11) is 0. The zero-order valence-corrected chi connectivity index (χ0v) is 17.3. The van der Waals surface area contributed by atoms with E-state index in [-0.39, 0.29) is 35.8 Å². The Balaban J connectivity index is 1.44. The number of carbonyl (C=O) groups excluding carboxylic acids is 2. The molecule has 1 aliphatic rings. The van der Waals surface area contributed by atoms with Crippen LogP contribution in [0.25, 0.3) is 5.69 Å². The average Bonchev–Trinajstić information content (AvgIpc) is 3.10. The molecule has 8 heteroatoms. The Labute approximate surface area is 178 Å². The highest BCUT2D eigenvalue weighted by molar-refractivity contribution is 5.96. The molecule has 1 saturated heterocycles. The smallest absolute Gasteiger partial charge is 0.256 e. The highest BCUT2D eigenvalue weighted by Crippen LogP contribution is 2.19. The quantitative estimate of drug-likeness (QED) is 0.648. The Bertz CT molecular complexity index is 1150. The zero-order valence-electron chi connectivity index (χ0n) is 17.3. The molecule has 0 N–H and O–H groups in total. The van der Waals surface area contributed by atoms with Gasteiger partial charge in [-0.15, -0.1) is 0 Å². The summed E-state index contributed by atoms with van der Waals surface area (Å²) < 4.78 is 30.1. The van der Waals surface area contributed by atoms with E-state index in [1.165, 1.54) is 33.8 Å². The molecule has 0 atom stereocenters. The van der Waals surface area contributed by atoms with Crippen molar-refractivity contribution in [3.8, 4) is 5.69 Å². The molecular formula is C23H22F2N4O2. The van der Waals surface area contributed by atoms with Crippen LogP contribution < -0.4 is 0 Å². The fourth-order valence-corrected chi connectivity index (χ4v) is 3.78. The van der Waals surface area contributed by atoms with Gasteiger partial charge in [0.2, 0.25) is 0 Å². The van der Waals surface area contributed by atoms with Crippen molar-refractivity contribution in [2.24, 2.45) is 0 Å². The molecule has 0 spiro atoms.